The Hall–Kier alpha value is -6.98. The van der Waals surface area contributed by atoms with E-state index in [0.717, 1.165) is 79.7 Å². The minimum absolute atomic E-state index is 0.0177. The zero-order valence-electron chi connectivity index (χ0n) is 46.0. The molecule has 2 aliphatic carbocycles. The van der Waals surface area contributed by atoms with Crippen molar-refractivity contribution in [1.29, 1.82) is 0 Å². The molecule has 2 fully saturated rings. The summed E-state index contributed by atoms with van der Waals surface area (Å²) >= 11 is 0. The van der Waals surface area contributed by atoms with Crippen molar-refractivity contribution in [2.75, 3.05) is 86.2 Å². The summed E-state index contributed by atoms with van der Waals surface area (Å²) in [7, 11) is 1.84. The number of H-pyrrole nitrogens is 2. The van der Waals surface area contributed by atoms with Gasteiger partial charge in [0.1, 0.15) is 34.2 Å². The predicted molar refractivity (Wildman–Crippen MR) is 300 cm³/mol. The van der Waals surface area contributed by atoms with E-state index in [-0.39, 0.29) is 36.0 Å². The predicted octanol–water partition coefficient (Wildman–Crippen LogP) is 9.47. The summed E-state index contributed by atoms with van der Waals surface area (Å²) in [5.74, 6) is -0.411. The summed E-state index contributed by atoms with van der Waals surface area (Å²) < 4.78 is 61.4. The molecular formula is C58H73F2N13O7. The molecular weight excluding hydrogens is 1030 g/mol. The minimum atomic E-state index is -0.475. The normalized spacial score (nSPS) is 17.8. The summed E-state index contributed by atoms with van der Waals surface area (Å²) in [6.45, 7) is 10.4. The number of pyridine rings is 2. The van der Waals surface area contributed by atoms with Crippen molar-refractivity contribution in [2.24, 2.45) is 5.92 Å². The molecule has 0 spiro atoms. The topological polar surface area (TPSA) is 226 Å². The second-order valence-corrected chi connectivity index (χ2v) is 20.8. The van der Waals surface area contributed by atoms with Crippen LogP contribution in [0.25, 0.3) is 78.0 Å². The van der Waals surface area contributed by atoms with Crippen LogP contribution in [-0.4, -0.2) is 158 Å². The molecule has 80 heavy (non-hydrogen) atoms. The number of hydrogen-bond donors (Lipinski definition) is 4. The maximum atomic E-state index is 14.7. The number of amides is 3. The molecule has 2 aliphatic rings. The molecule has 22 heteroatoms. The monoisotopic (exact) mass is 1100 g/mol. The lowest BCUT2D eigenvalue weighted by Crippen LogP contribution is -2.45. The standard InChI is InChI=1S/C58H73F2N13O7/c1-4-76-19-21-78-17-8-6-7-16-71(3)58(75)68-40-12-10-14-42(28-40)73-36-50(48-34-67-54(70-56(48)73)46-32-65-52-44(46)27-39(60)30-63-52)49-35-72(55-47(49)33-66-53(69-55)45-31-64-51-43(45)26-38(59)29-62-51)41-13-9-11-37(25-41)57(74)61-15-18-79-23-24-80-22-20-77-5-2/h26-27,29-37,40-42H,4-25,28H2,1-3H3,(H,61,74)(H,62,64)(H,63,65)(H,68,75)/t37-,40+,41+,42-/m0/s1. The molecule has 10 rings (SSSR count). The van der Waals surface area contributed by atoms with E-state index < -0.39 is 11.6 Å². The van der Waals surface area contributed by atoms with Crippen molar-refractivity contribution >= 4 is 56.1 Å². The van der Waals surface area contributed by atoms with Crippen molar-refractivity contribution in [1.82, 2.24) is 64.5 Å². The van der Waals surface area contributed by atoms with Crippen LogP contribution in [0, 0.1) is 17.6 Å². The Kier molecular flexibility index (Phi) is 19.0. The van der Waals surface area contributed by atoms with Gasteiger partial charge in [0, 0.05) is 145 Å². The molecule has 2 saturated carbocycles. The Bertz CT molecular complexity index is 3360. The SMILES string of the molecule is CCOCCOCCCCCN(C)C(=O)N[C@@H]1CCC[C@H](n2cc(-c3cn([C@@H]4CCC[C@H](C(=O)NCCOCCOCCOCC)C4)c4nc(-c5c[nH]c6ncc(F)cc56)ncc34)c3cnc(-c4c[nH]c5ncc(F)cc45)nc32)C1. The van der Waals surface area contributed by atoms with E-state index in [9.17, 15) is 18.4 Å². The number of aromatic amines is 2. The van der Waals surface area contributed by atoms with Gasteiger partial charge in [-0.05, 0) is 90.2 Å². The lowest BCUT2D eigenvalue weighted by Gasteiger charge is -2.32. The van der Waals surface area contributed by atoms with Gasteiger partial charge in [-0.15, -0.1) is 0 Å². The first kappa shape index (κ1) is 56.3. The van der Waals surface area contributed by atoms with Gasteiger partial charge in [0.2, 0.25) is 5.91 Å². The molecule has 0 aromatic carbocycles. The highest BCUT2D eigenvalue weighted by Gasteiger charge is 2.33. The molecule has 8 aromatic heterocycles. The number of nitrogens with one attached hydrogen (secondary N) is 4. The van der Waals surface area contributed by atoms with Crippen LogP contribution in [0.1, 0.15) is 96.6 Å². The molecule has 20 nitrogen and oxygen atoms in total. The van der Waals surface area contributed by atoms with Gasteiger partial charge in [0.15, 0.2) is 11.6 Å². The fraction of sp³-hybridized carbons (Fsp3) is 0.517. The van der Waals surface area contributed by atoms with Crippen LogP contribution in [0.5, 0.6) is 0 Å². The van der Waals surface area contributed by atoms with Crippen LogP contribution in [0.2, 0.25) is 0 Å². The molecule has 8 heterocycles. The first-order valence-corrected chi connectivity index (χ1v) is 28.4. The van der Waals surface area contributed by atoms with Gasteiger partial charge in [0.25, 0.3) is 0 Å². The quantitative estimate of drug-likeness (QED) is 0.0353. The van der Waals surface area contributed by atoms with Gasteiger partial charge in [0.05, 0.1) is 58.6 Å². The molecule has 0 radical (unpaired) electrons. The first-order chi connectivity index (χ1) is 39.2. The molecule has 3 amide bonds. The van der Waals surface area contributed by atoms with E-state index in [4.69, 9.17) is 43.6 Å². The number of nitrogens with zero attached hydrogens (tertiary/aromatic N) is 9. The highest BCUT2D eigenvalue weighted by Crippen LogP contribution is 2.43. The second-order valence-electron chi connectivity index (χ2n) is 20.8. The molecule has 4 N–H and O–H groups in total. The molecule has 8 aromatic rings. The molecule has 0 saturated heterocycles. The number of carbonyl (C=O) groups is 2. The number of urea groups is 1. The molecule has 0 aliphatic heterocycles. The lowest BCUT2D eigenvalue weighted by molar-refractivity contribution is -0.126. The van der Waals surface area contributed by atoms with Crippen LogP contribution in [-0.2, 0) is 28.5 Å². The summed E-state index contributed by atoms with van der Waals surface area (Å²) in [4.78, 5) is 64.5. The highest BCUT2D eigenvalue weighted by molar-refractivity contribution is 6.04. The zero-order valence-corrected chi connectivity index (χ0v) is 46.0. The summed E-state index contributed by atoms with van der Waals surface area (Å²) in [5, 5.41) is 9.13. The zero-order chi connectivity index (χ0) is 55.4. The maximum absolute atomic E-state index is 14.7. The van der Waals surface area contributed by atoms with Gasteiger partial charge in [-0.2, -0.15) is 0 Å². The average molecular weight is 1100 g/mol. The number of rotatable bonds is 27. The number of fused-ring (bicyclic) bond motifs is 4. The third kappa shape index (κ3) is 13.3. The lowest BCUT2D eigenvalue weighted by atomic mass is 9.85. The maximum Gasteiger partial charge on any atom is 0.317 e. The number of unbranched alkanes of at least 4 members (excludes halogenated alkanes) is 2. The Morgan fingerprint density at radius 3 is 1.75 bits per heavy atom. The van der Waals surface area contributed by atoms with Gasteiger partial charge < -0.3 is 58.3 Å². The van der Waals surface area contributed by atoms with Gasteiger partial charge in [-0.1, -0.05) is 6.42 Å². The van der Waals surface area contributed by atoms with E-state index in [1.54, 1.807) is 17.3 Å². The summed E-state index contributed by atoms with van der Waals surface area (Å²) in [6.07, 6.45) is 22.6. The van der Waals surface area contributed by atoms with Gasteiger partial charge >= 0.3 is 6.03 Å². The number of ether oxygens (including phenoxy) is 5. The molecule has 426 valence electrons. The fourth-order valence-corrected chi connectivity index (χ4v) is 11.3. The average Bonchev–Trinajstić information content (AvgIpc) is 4.36. The van der Waals surface area contributed by atoms with Crippen molar-refractivity contribution in [3.63, 3.8) is 0 Å². The smallest absolute Gasteiger partial charge is 0.317 e. The van der Waals surface area contributed by atoms with Crippen LogP contribution in [0.15, 0.2) is 61.7 Å². The molecule has 0 bridgehead atoms. The Morgan fingerprint density at radius 1 is 0.625 bits per heavy atom. The van der Waals surface area contributed by atoms with Gasteiger partial charge in [-0.3, -0.25) is 4.79 Å². The summed E-state index contributed by atoms with van der Waals surface area (Å²) in [5.41, 5.74) is 5.29. The number of halogens is 2. The van der Waals surface area contributed by atoms with E-state index in [1.165, 1.54) is 24.5 Å². The van der Waals surface area contributed by atoms with Gasteiger partial charge in [-0.25, -0.2) is 43.5 Å². The van der Waals surface area contributed by atoms with Crippen molar-refractivity contribution < 1.29 is 42.1 Å². The van der Waals surface area contributed by atoms with E-state index in [2.05, 4.69) is 52.1 Å². The van der Waals surface area contributed by atoms with Crippen molar-refractivity contribution in [3.8, 4) is 33.9 Å². The van der Waals surface area contributed by atoms with Crippen molar-refractivity contribution in [3.05, 3.63) is 73.3 Å². The first-order valence-electron chi connectivity index (χ1n) is 28.4. The molecule has 0 unspecified atom stereocenters. The van der Waals surface area contributed by atoms with Crippen LogP contribution in [0.4, 0.5) is 13.6 Å². The van der Waals surface area contributed by atoms with Crippen LogP contribution < -0.4 is 10.6 Å². The Labute approximate surface area is 463 Å². The highest BCUT2D eigenvalue weighted by atomic mass is 19.1. The summed E-state index contributed by atoms with van der Waals surface area (Å²) in [6, 6.07) is 2.50. The number of hydrogen-bond acceptors (Lipinski definition) is 13. The number of aromatic nitrogens is 10. The van der Waals surface area contributed by atoms with E-state index >= 15 is 0 Å². The fourth-order valence-electron chi connectivity index (χ4n) is 11.3. The Balaban J connectivity index is 0.949. The second kappa shape index (κ2) is 27.0. The van der Waals surface area contributed by atoms with Crippen LogP contribution in [0.3, 0.4) is 0 Å². The molecule has 4 atom stereocenters. The van der Waals surface area contributed by atoms with Crippen LogP contribution >= 0.6 is 0 Å². The number of carbonyl (C=O) groups excluding carboxylic acids is 2. The largest absolute Gasteiger partial charge is 0.379 e. The third-order valence-corrected chi connectivity index (χ3v) is 15.4. The Morgan fingerprint density at radius 2 is 1.16 bits per heavy atom. The van der Waals surface area contributed by atoms with Crippen molar-refractivity contribution in [2.45, 2.75) is 103 Å². The van der Waals surface area contributed by atoms with E-state index in [0.29, 0.717) is 148 Å². The van der Waals surface area contributed by atoms with E-state index in [1.807, 2.05) is 33.3 Å². The third-order valence-electron chi connectivity index (χ3n) is 15.4. The minimum Gasteiger partial charge on any atom is -0.379 e.